The second-order valence-electron chi connectivity index (χ2n) is 4.39. The molecule has 0 saturated heterocycles. The molecule has 1 aliphatic heterocycles. The normalized spacial score (nSPS) is 17.3. The lowest BCUT2D eigenvalue weighted by Gasteiger charge is -2.25. The summed E-state index contributed by atoms with van der Waals surface area (Å²) < 4.78 is 6.51. The van der Waals surface area contributed by atoms with Crippen molar-refractivity contribution in [1.82, 2.24) is 0 Å². The second-order valence-corrected chi connectivity index (χ2v) is 6.25. The van der Waals surface area contributed by atoms with E-state index in [0.29, 0.717) is 17.0 Å². The molecule has 2 aromatic rings. The largest absolute Gasteiger partial charge is 0.440 e. The minimum atomic E-state index is -0.208. The van der Waals surface area contributed by atoms with Gasteiger partial charge in [-0.25, -0.2) is 0 Å². The summed E-state index contributed by atoms with van der Waals surface area (Å²) in [6.45, 7) is 0. The van der Waals surface area contributed by atoms with Gasteiger partial charge in [0, 0.05) is 32.0 Å². The quantitative estimate of drug-likeness (QED) is 0.775. The molecule has 4 nitrogen and oxygen atoms in total. The molecule has 2 heterocycles. The van der Waals surface area contributed by atoms with E-state index in [2.05, 4.69) is 22.0 Å². The molecule has 0 unspecified atom stereocenters. The number of nitrogens with two attached hydrogens (primary N) is 2. The minimum Gasteiger partial charge on any atom is -0.440 e. The Bertz CT molecular complexity index is 760. The predicted molar refractivity (Wildman–Crippen MR) is 82.2 cm³/mol. The molecule has 6 heteroatoms. The van der Waals surface area contributed by atoms with Crippen molar-refractivity contribution in [2.24, 2.45) is 5.73 Å². The fourth-order valence-electron chi connectivity index (χ4n) is 2.24. The van der Waals surface area contributed by atoms with Crippen LogP contribution in [0.15, 0.2) is 45.6 Å². The molecule has 0 fully saturated rings. The van der Waals surface area contributed by atoms with E-state index in [0.717, 1.165) is 14.9 Å². The molecule has 1 aromatic carbocycles. The molecule has 1 atom stereocenters. The third-order valence-corrected chi connectivity index (χ3v) is 4.87. The molecule has 1 aliphatic rings. The van der Waals surface area contributed by atoms with Crippen LogP contribution >= 0.6 is 27.3 Å². The number of nitrogen functional groups attached to an aromatic ring is 1. The van der Waals surface area contributed by atoms with Gasteiger partial charge in [-0.3, -0.25) is 0 Å². The SMILES string of the molecule is N#CC1=C(N)Oc2cc(N)ccc2[C@@H]1c1cc(Br)cs1. The number of benzene rings is 1. The summed E-state index contributed by atoms with van der Waals surface area (Å²) in [5.41, 5.74) is 13.6. The van der Waals surface area contributed by atoms with E-state index in [9.17, 15) is 5.26 Å². The van der Waals surface area contributed by atoms with E-state index in [1.807, 2.05) is 17.5 Å². The lowest BCUT2D eigenvalue weighted by atomic mass is 9.88. The summed E-state index contributed by atoms with van der Waals surface area (Å²) in [6, 6.07) is 9.56. The zero-order chi connectivity index (χ0) is 14.3. The van der Waals surface area contributed by atoms with Gasteiger partial charge < -0.3 is 16.2 Å². The fraction of sp³-hybridized carbons (Fsp3) is 0.0714. The number of anilines is 1. The maximum atomic E-state index is 9.38. The zero-order valence-corrected chi connectivity index (χ0v) is 12.7. The number of hydrogen-bond acceptors (Lipinski definition) is 5. The van der Waals surface area contributed by atoms with Gasteiger partial charge in [-0.15, -0.1) is 11.3 Å². The Balaban J connectivity index is 2.22. The topological polar surface area (TPSA) is 85.1 Å². The molecule has 3 rings (SSSR count). The van der Waals surface area contributed by atoms with Crippen LogP contribution < -0.4 is 16.2 Å². The first-order valence-corrected chi connectivity index (χ1v) is 7.48. The number of fused-ring (bicyclic) bond motifs is 1. The second kappa shape index (κ2) is 4.85. The molecular weight excluding hydrogens is 338 g/mol. The molecule has 1 aromatic heterocycles. The maximum Gasteiger partial charge on any atom is 0.205 e. The summed E-state index contributed by atoms with van der Waals surface area (Å²) in [5.74, 6) is 0.539. The first-order chi connectivity index (χ1) is 9.60. The Hall–Kier alpha value is -1.97. The van der Waals surface area contributed by atoms with Gasteiger partial charge in [0.15, 0.2) is 0 Å². The lowest BCUT2D eigenvalue weighted by Crippen LogP contribution is -2.20. The van der Waals surface area contributed by atoms with E-state index in [-0.39, 0.29) is 11.8 Å². The van der Waals surface area contributed by atoms with Crippen LogP contribution in [0.25, 0.3) is 0 Å². The summed E-state index contributed by atoms with van der Waals surface area (Å²) in [5, 5.41) is 11.4. The molecule has 0 aliphatic carbocycles. The molecular formula is C14H10BrN3OS. The van der Waals surface area contributed by atoms with Crippen LogP contribution in [-0.2, 0) is 0 Å². The van der Waals surface area contributed by atoms with Gasteiger partial charge >= 0.3 is 0 Å². The molecule has 0 spiro atoms. The number of thiophene rings is 1. The van der Waals surface area contributed by atoms with Gasteiger partial charge in [-0.2, -0.15) is 5.26 Å². The highest BCUT2D eigenvalue weighted by Gasteiger charge is 2.31. The Morgan fingerprint density at radius 2 is 2.10 bits per heavy atom. The molecule has 20 heavy (non-hydrogen) atoms. The van der Waals surface area contributed by atoms with Crippen LogP contribution in [0.4, 0.5) is 5.69 Å². The van der Waals surface area contributed by atoms with Gasteiger partial charge in [0.25, 0.3) is 0 Å². The van der Waals surface area contributed by atoms with Gasteiger partial charge in [-0.05, 0) is 28.1 Å². The number of rotatable bonds is 1. The van der Waals surface area contributed by atoms with Crippen molar-refractivity contribution in [2.75, 3.05) is 5.73 Å². The van der Waals surface area contributed by atoms with Crippen LogP contribution in [0.1, 0.15) is 16.4 Å². The number of halogens is 1. The molecule has 0 amide bonds. The van der Waals surface area contributed by atoms with E-state index < -0.39 is 0 Å². The third-order valence-electron chi connectivity index (χ3n) is 3.12. The summed E-state index contributed by atoms with van der Waals surface area (Å²) >= 11 is 5.01. The van der Waals surface area contributed by atoms with E-state index >= 15 is 0 Å². The van der Waals surface area contributed by atoms with Crippen molar-refractivity contribution in [3.63, 3.8) is 0 Å². The highest BCUT2D eigenvalue weighted by Crippen LogP contribution is 2.44. The summed E-state index contributed by atoms with van der Waals surface area (Å²) in [7, 11) is 0. The number of hydrogen-bond donors (Lipinski definition) is 2. The minimum absolute atomic E-state index is 0.139. The smallest absolute Gasteiger partial charge is 0.205 e. The number of nitrogens with zero attached hydrogens (tertiary/aromatic N) is 1. The van der Waals surface area contributed by atoms with Gasteiger partial charge in [0.2, 0.25) is 5.88 Å². The van der Waals surface area contributed by atoms with Crippen LogP contribution in [0.2, 0.25) is 0 Å². The first-order valence-electron chi connectivity index (χ1n) is 5.81. The predicted octanol–water partition coefficient (Wildman–Crippen LogP) is 3.31. The van der Waals surface area contributed by atoms with E-state index in [4.69, 9.17) is 16.2 Å². The zero-order valence-electron chi connectivity index (χ0n) is 10.3. The lowest BCUT2D eigenvalue weighted by molar-refractivity contribution is 0.394. The monoisotopic (exact) mass is 347 g/mol. The van der Waals surface area contributed by atoms with Crippen molar-refractivity contribution in [1.29, 1.82) is 5.26 Å². The first kappa shape index (κ1) is 13.0. The Kier molecular flexibility index (Phi) is 3.16. The van der Waals surface area contributed by atoms with Gasteiger partial charge in [-0.1, -0.05) is 6.07 Å². The van der Waals surface area contributed by atoms with Gasteiger partial charge in [0.05, 0.1) is 5.92 Å². The molecule has 0 saturated carbocycles. The van der Waals surface area contributed by atoms with Crippen LogP contribution in [0.3, 0.4) is 0 Å². The van der Waals surface area contributed by atoms with Crippen LogP contribution in [0.5, 0.6) is 5.75 Å². The summed E-state index contributed by atoms with van der Waals surface area (Å²) in [4.78, 5) is 1.03. The van der Waals surface area contributed by atoms with Crippen molar-refractivity contribution in [2.45, 2.75) is 5.92 Å². The number of allylic oxidation sites excluding steroid dienone is 1. The fourth-order valence-corrected chi connectivity index (χ4v) is 3.81. The van der Waals surface area contributed by atoms with Crippen molar-refractivity contribution in [3.8, 4) is 11.8 Å². The third kappa shape index (κ3) is 2.05. The molecule has 0 radical (unpaired) electrons. The maximum absolute atomic E-state index is 9.38. The van der Waals surface area contributed by atoms with Crippen molar-refractivity contribution >= 4 is 33.0 Å². The molecule has 4 N–H and O–H groups in total. The average Bonchev–Trinajstić information content (AvgIpc) is 2.83. The highest BCUT2D eigenvalue weighted by atomic mass is 79.9. The highest BCUT2D eigenvalue weighted by molar-refractivity contribution is 9.10. The molecule has 0 bridgehead atoms. The van der Waals surface area contributed by atoms with Crippen LogP contribution in [-0.4, -0.2) is 0 Å². The average molecular weight is 348 g/mol. The molecule has 100 valence electrons. The van der Waals surface area contributed by atoms with Crippen molar-refractivity contribution in [3.05, 3.63) is 56.0 Å². The van der Waals surface area contributed by atoms with E-state index in [1.54, 1.807) is 23.5 Å². The Morgan fingerprint density at radius 3 is 2.75 bits per heavy atom. The van der Waals surface area contributed by atoms with Crippen LogP contribution in [0, 0.1) is 11.3 Å². The Labute approximate surface area is 128 Å². The van der Waals surface area contributed by atoms with E-state index in [1.165, 1.54) is 0 Å². The van der Waals surface area contributed by atoms with Crippen molar-refractivity contribution < 1.29 is 4.74 Å². The van der Waals surface area contributed by atoms with Gasteiger partial charge in [0.1, 0.15) is 17.4 Å². The number of ether oxygens (including phenoxy) is 1. The standard InChI is InChI=1S/C14H10BrN3OS/c15-7-3-12(20-6-7)13-9-2-1-8(17)4-11(9)19-14(18)10(13)5-16/h1-4,6,13H,17-18H2/t13-/m0/s1. The Morgan fingerprint density at radius 1 is 1.30 bits per heavy atom. The number of nitriles is 1. The summed E-state index contributed by atoms with van der Waals surface area (Å²) in [6.07, 6.45) is 0.